The largest absolute Gasteiger partial charge is 0.498 e. The Hall–Kier alpha value is -0.460. The van der Waals surface area contributed by atoms with Crippen LogP contribution in [0.1, 0.15) is 26.2 Å². The van der Waals surface area contributed by atoms with Crippen LogP contribution in [0, 0.1) is 0 Å². The van der Waals surface area contributed by atoms with Gasteiger partial charge in [-0.15, -0.1) is 0 Å². The van der Waals surface area contributed by atoms with Crippen molar-refractivity contribution in [3.63, 3.8) is 0 Å². The summed E-state index contributed by atoms with van der Waals surface area (Å²) >= 11 is 0. The molecule has 0 aromatic rings. The van der Waals surface area contributed by atoms with Gasteiger partial charge in [-0.3, -0.25) is 0 Å². The van der Waals surface area contributed by atoms with Crippen LogP contribution in [0.15, 0.2) is 11.8 Å². The third-order valence-electron chi connectivity index (χ3n) is 1.36. The predicted molar refractivity (Wildman–Crippen MR) is 33.6 cm³/mol. The first-order chi connectivity index (χ1) is 3.93. The lowest BCUT2D eigenvalue weighted by molar-refractivity contribution is 0.186. The zero-order valence-electron chi connectivity index (χ0n) is 5.31. The molecule has 0 unspecified atom stereocenters. The first-order valence-corrected chi connectivity index (χ1v) is 3.25. The highest BCUT2D eigenvalue weighted by Crippen LogP contribution is 2.11. The van der Waals surface area contributed by atoms with Crippen LogP contribution in [0.2, 0.25) is 0 Å². The molecule has 0 saturated carbocycles. The summed E-state index contributed by atoms with van der Waals surface area (Å²) in [5.74, 6) is 1.18. The summed E-state index contributed by atoms with van der Waals surface area (Å²) in [6.07, 6.45) is 5.65. The van der Waals surface area contributed by atoms with E-state index in [4.69, 9.17) is 4.74 Å². The lowest BCUT2D eigenvalue weighted by Gasteiger charge is -2.12. The Kier molecular flexibility index (Phi) is 1.95. The van der Waals surface area contributed by atoms with E-state index in [-0.39, 0.29) is 0 Å². The monoisotopic (exact) mass is 112 g/mol. The molecule has 46 valence electrons. The van der Waals surface area contributed by atoms with Crippen LogP contribution >= 0.6 is 0 Å². The highest BCUT2D eigenvalue weighted by atomic mass is 16.5. The van der Waals surface area contributed by atoms with Gasteiger partial charge in [0, 0.05) is 6.42 Å². The van der Waals surface area contributed by atoms with E-state index in [1.807, 2.05) is 0 Å². The van der Waals surface area contributed by atoms with Gasteiger partial charge < -0.3 is 4.74 Å². The van der Waals surface area contributed by atoms with E-state index in [0.29, 0.717) is 0 Å². The van der Waals surface area contributed by atoms with Gasteiger partial charge in [0.1, 0.15) is 0 Å². The van der Waals surface area contributed by atoms with Crippen molar-refractivity contribution in [2.75, 3.05) is 6.61 Å². The fourth-order valence-electron chi connectivity index (χ4n) is 0.855. The molecule has 0 amide bonds. The van der Waals surface area contributed by atoms with Crippen molar-refractivity contribution < 1.29 is 4.74 Å². The van der Waals surface area contributed by atoms with Gasteiger partial charge in [0.05, 0.1) is 12.4 Å². The predicted octanol–water partition coefficient (Wildman–Crippen LogP) is 2.09. The Labute approximate surface area is 50.3 Å². The first-order valence-electron chi connectivity index (χ1n) is 3.25. The quantitative estimate of drug-likeness (QED) is 0.504. The zero-order valence-corrected chi connectivity index (χ0v) is 5.31. The van der Waals surface area contributed by atoms with Crippen LogP contribution in [0.3, 0.4) is 0 Å². The van der Waals surface area contributed by atoms with Crippen molar-refractivity contribution in [1.29, 1.82) is 0 Å². The van der Waals surface area contributed by atoms with Crippen LogP contribution in [-0.2, 0) is 4.74 Å². The Morgan fingerprint density at radius 3 is 3.00 bits per heavy atom. The molecule has 0 spiro atoms. The number of rotatable bonds is 1. The molecule has 0 saturated heterocycles. The SMILES string of the molecule is CCC1=CCCCO1. The van der Waals surface area contributed by atoms with Gasteiger partial charge >= 0.3 is 0 Å². The van der Waals surface area contributed by atoms with Crippen LogP contribution in [0.25, 0.3) is 0 Å². The molecule has 0 bridgehead atoms. The van der Waals surface area contributed by atoms with Gasteiger partial charge in [0.2, 0.25) is 0 Å². The molecule has 0 aromatic heterocycles. The summed E-state index contributed by atoms with van der Waals surface area (Å²) in [7, 11) is 0. The maximum Gasteiger partial charge on any atom is 0.0917 e. The van der Waals surface area contributed by atoms with Crippen molar-refractivity contribution in [2.45, 2.75) is 26.2 Å². The standard InChI is InChI=1S/C7H12O/c1-2-7-5-3-4-6-8-7/h5H,2-4,6H2,1H3. The Morgan fingerprint density at radius 1 is 1.75 bits per heavy atom. The molecule has 1 aliphatic rings. The number of ether oxygens (including phenoxy) is 1. The van der Waals surface area contributed by atoms with Gasteiger partial charge in [0.15, 0.2) is 0 Å². The smallest absolute Gasteiger partial charge is 0.0917 e. The maximum absolute atomic E-state index is 5.29. The summed E-state index contributed by atoms with van der Waals surface area (Å²) in [6.45, 7) is 3.05. The van der Waals surface area contributed by atoms with Crippen molar-refractivity contribution in [2.24, 2.45) is 0 Å². The topological polar surface area (TPSA) is 9.23 Å². The van der Waals surface area contributed by atoms with Crippen LogP contribution in [0.5, 0.6) is 0 Å². The minimum Gasteiger partial charge on any atom is -0.498 e. The zero-order chi connectivity index (χ0) is 5.82. The molecule has 8 heavy (non-hydrogen) atoms. The van der Waals surface area contributed by atoms with E-state index in [2.05, 4.69) is 13.0 Å². The lowest BCUT2D eigenvalue weighted by Crippen LogP contribution is -1.99. The Morgan fingerprint density at radius 2 is 2.62 bits per heavy atom. The van der Waals surface area contributed by atoms with Gasteiger partial charge in [-0.2, -0.15) is 0 Å². The molecule has 0 radical (unpaired) electrons. The minimum atomic E-state index is 0.930. The second kappa shape index (κ2) is 2.75. The van der Waals surface area contributed by atoms with Crippen LogP contribution < -0.4 is 0 Å². The molecule has 0 atom stereocenters. The summed E-state index contributed by atoms with van der Waals surface area (Å²) in [4.78, 5) is 0. The van der Waals surface area contributed by atoms with Gasteiger partial charge in [-0.1, -0.05) is 6.92 Å². The summed E-state index contributed by atoms with van der Waals surface area (Å²) in [5.41, 5.74) is 0. The molecule has 1 rings (SSSR count). The van der Waals surface area contributed by atoms with Crippen molar-refractivity contribution >= 4 is 0 Å². The third-order valence-corrected chi connectivity index (χ3v) is 1.36. The van der Waals surface area contributed by atoms with E-state index < -0.39 is 0 Å². The van der Waals surface area contributed by atoms with E-state index in [0.717, 1.165) is 13.0 Å². The van der Waals surface area contributed by atoms with Gasteiger partial charge in [0.25, 0.3) is 0 Å². The maximum atomic E-state index is 5.29. The minimum absolute atomic E-state index is 0.930. The summed E-state index contributed by atoms with van der Waals surface area (Å²) in [6, 6.07) is 0. The van der Waals surface area contributed by atoms with Crippen LogP contribution in [0.4, 0.5) is 0 Å². The molecule has 0 aromatic carbocycles. The number of allylic oxidation sites excluding steroid dienone is 2. The second-order valence-electron chi connectivity index (χ2n) is 2.01. The molecule has 1 heterocycles. The van der Waals surface area contributed by atoms with Gasteiger partial charge in [-0.25, -0.2) is 0 Å². The first kappa shape index (κ1) is 5.67. The average molecular weight is 112 g/mol. The molecular formula is C7H12O. The number of hydrogen-bond donors (Lipinski definition) is 0. The third kappa shape index (κ3) is 1.25. The molecule has 1 heteroatoms. The molecule has 1 nitrogen and oxygen atoms in total. The molecule has 0 N–H and O–H groups in total. The van der Waals surface area contributed by atoms with Crippen molar-refractivity contribution in [3.8, 4) is 0 Å². The molecule has 0 aliphatic carbocycles. The lowest BCUT2D eigenvalue weighted by atomic mass is 10.2. The highest BCUT2D eigenvalue weighted by molar-refractivity contribution is 4.94. The Bertz CT molecular complexity index is 94.6. The summed E-state index contributed by atoms with van der Waals surface area (Å²) < 4.78 is 5.29. The van der Waals surface area contributed by atoms with Gasteiger partial charge in [-0.05, 0) is 18.9 Å². The highest BCUT2D eigenvalue weighted by Gasteiger charge is 1.99. The van der Waals surface area contributed by atoms with E-state index >= 15 is 0 Å². The average Bonchev–Trinajstić information content (AvgIpc) is 1.90. The molecule has 1 aliphatic heterocycles. The van der Waals surface area contributed by atoms with E-state index in [1.165, 1.54) is 18.6 Å². The fraction of sp³-hybridized carbons (Fsp3) is 0.714. The number of hydrogen-bond acceptors (Lipinski definition) is 1. The van der Waals surface area contributed by atoms with E-state index in [9.17, 15) is 0 Å². The molecular weight excluding hydrogens is 100 g/mol. The van der Waals surface area contributed by atoms with Crippen molar-refractivity contribution in [3.05, 3.63) is 11.8 Å². The normalized spacial score (nSPS) is 19.4. The summed E-state index contributed by atoms with van der Waals surface area (Å²) in [5, 5.41) is 0. The van der Waals surface area contributed by atoms with Crippen molar-refractivity contribution in [1.82, 2.24) is 0 Å². The second-order valence-corrected chi connectivity index (χ2v) is 2.01. The fourth-order valence-corrected chi connectivity index (χ4v) is 0.855. The molecule has 0 fully saturated rings. The Balaban J connectivity index is 2.37. The van der Waals surface area contributed by atoms with E-state index in [1.54, 1.807) is 0 Å². The van der Waals surface area contributed by atoms with Crippen LogP contribution in [-0.4, -0.2) is 6.61 Å².